The van der Waals surface area contributed by atoms with Gasteiger partial charge in [0.05, 0.1) is 4.90 Å². The van der Waals surface area contributed by atoms with Gasteiger partial charge in [0.25, 0.3) is 5.91 Å². The molecule has 1 aromatic heterocycles. The highest BCUT2D eigenvalue weighted by molar-refractivity contribution is 7.90. The fourth-order valence-corrected chi connectivity index (χ4v) is 3.82. The molecule has 0 spiro atoms. The zero-order valence-electron chi connectivity index (χ0n) is 14.3. The van der Waals surface area contributed by atoms with E-state index in [-0.39, 0.29) is 28.1 Å². The van der Waals surface area contributed by atoms with Crippen LogP contribution in [0.5, 0.6) is 0 Å². The second-order valence-corrected chi connectivity index (χ2v) is 7.94. The molecule has 3 rings (SSSR count). The molecule has 0 aliphatic rings. The van der Waals surface area contributed by atoms with Crippen molar-refractivity contribution in [3.63, 3.8) is 0 Å². The lowest BCUT2D eigenvalue weighted by Gasteiger charge is -2.06. The Balaban J connectivity index is 1.66. The second kappa shape index (κ2) is 7.58. The van der Waals surface area contributed by atoms with Gasteiger partial charge in [-0.05, 0) is 42.3 Å². The molecule has 5 nitrogen and oxygen atoms in total. The lowest BCUT2D eigenvalue weighted by Crippen LogP contribution is -2.22. The van der Waals surface area contributed by atoms with Gasteiger partial charge in [-0.2, -0.15) is 0 Å². The summed E-state index contributed by atoms with van der Waals surface area (Å²) >= 11 is 0. The number of benzene rings is 2. The first-order chi connectivity index (χ1) is 12.5. The first-order valence-electron chi connectivity index (χ1n) is 8.15. The minimum atomic E-state index is -3.51. The average molecular weight is 369 g/mol. The molecule has 0 aliphatic carbocycles. The summed E-state index contributed by atoms with van der Waals surface area (Å²) in [6.45, 7) is 2.35. The van der Waals surface area contributed by atoms with Crippen LogP contribution in [0.25, 0.3) is 0 Å². The highest BCUT2D eigenvalue weighted by Crippen LogP contribution is 2.18. The van der Waals surface area contributed by atoms with Gasteiger partial charge in [0, 0.05) is 6.54 Å². The molecular formula is C20H19NO4S. The first-order valence-corrected chi connectivity index (χ1v) is 9.80. The Kier molecular flexibility index (Phi) is 5.23. The van der Waals surface area contributed by atoms with E-state index >= 15 is 0 Å². The van der Waals surface area contributed by atoms with E-state index in [1.54, 1.807) is 18.2 Å². The maximum Gasteiger partial charge on any atom is 0.287 e. The molecule has 6 heteroatoms. The van der Waals surface area contributed by atoms with E-state index in [4.69, 9.17) is 4.42 Å². The van der Waals surface area contributed by atoms with Crippen molar-refractivity contribution >= 4 is 15.7 Å². The van der Waals surface area contributed by atoms with Crippen molar-refractivity contribution < 1.29 is 17.6 Å². The predicted octanol–water partition coefficient (Wildman–Crippen LogP) is 3.49. The number of furan rings is 1. The van der Waals surface area contributed by atoms with Crippen LogP contribution in [-0.2, 0) is 22.1 Å². The van der Waals surface area contributed by atoms with Gasteiger partial charge in [0.1, 0.15) is 11.5 Å². The molecule has 0 radical (unpaired) electrons. The van der Waals surface area contributed by atoms with E-state index in [0.717, 1.165) is 11.1 Å². The Morgan fingerprint density at radius 2 is 1.65 bits per heavy atom. The lowest BCUT2D eigenvalue weighted by atomic mass is 10.1. The van der Waals surface area contributed by atoms with E-state index < -0.39 is 9.84 Å². The van der Waals surface area contributed by atoms with Crippen LogP contribution in [0.4, 0.5) is 0 Å². The SMILES string of the molecule is Cc1ccccc1CNC(=O)c1ccc(CS(=O)(=O)c2ccccc2)o1. The highest BCUT2D eigenvalue weighted by Gasteiger charge is 2.19. The molecular weight excluding hydrogens is 350 g/mol. The van der Waals surface area contributed by atoms with E-state index in [2.05, 4.69) is 5.32 Å². The third-order valence-corrected chi connectivity index (χ3v) is 5.68. The fourth-order valence-electron chi connectivity index (χ4n) is 2.55. The van der Waals surface area contributed by atoms with Gasteiger partial charge in [0.2, 0.25) is 0 Å². The minimum Gasteiger partial charge on any atom is -0.455 e. The Hall–Kier alpha value is -2.86. The molecule has 26 heavy (non-hydrogen) atoms. The minimum absolute atomic E-state index is 0.0943. The van der Waals surface area contributed by atoms with E-state index in [9.17, 15) is 13.2 Å². The number of sulfone groups is 1. The number of nitrogens with one attached hydrogen (secondary N) is 1. The summed E-state index contributed by atoms with van der Waals surface area (Å²) in [6, 6.07) is 18.9. The molecule has 1 amide bonds. The lowest BCUT2D eigenvalue weighted by molar-refractivity contribution is 0.0921. The van der Waals surface area contributed by atoms with Crippen LogP contribution in [0.1, 0.15) is 27.4 Å². The van der Waals surface area contributed by atoms with Crippen molar-refractivity contribution in [3.05, 3.63) is 89.4 Å². The Labute approximate surface area is 152 Å². The number of amides is 1. The summed E-state index contributed by atoms with van der Waals surface area (Å²) in [7, 11) is -3.51. The van der Waals surface area contributed by atoms with Crippen molar-refractivity contribution in [2.75, 3.05) is 0 Å². The molecule has 0 saturated carbocycles. The molecule has 0 aliphatic heterocycles. The van der Waals surface area contributed by atoms with Gasteiger partial charge >= 0.3 is 0 Å². The van der Waals surface area contributed by atoms with Crippen LogP contribution < -0.4 is 5.32 Å². The van der Waals surface area contributed by atoms with Gasteiger partial charge in [-0.25, -0.2) is 8.42 Å². The summed E-state index contributed by atoms with van der Waals surface area (Å²) < 4.78 is 30.2. The van der Waals surface area contributed by atoms with Crippen molar-refractivity contribution in [1.29, 1.82) is 0 Å². The van der Waals surface area contributed by atoms with Gasteiger partial charge in [-0.3, -0.25) is 4.79 Å². The number of hydrogen-bond acceptors (Lipinski definition) is 4. The number of carbonyl (C=O) groups is 1. The molecule has 1 N–H and O–H groups in total. The third kappa shape index (κ3) is 4.21. The summed E-state index contributed by atoms with van der Waals surface area (Å²) in [5.74, 6) is -0.342. The summed E-state index contributed by atoms with van der Waals surface area (Å²) in [4.78, 5) is 12.4. The second-order valence-electron chi connectivity index (χ2n) is 5.95. The number of aryl methyl sites for hydroxylation is 1. The van der Waals surface area contributed by atoms with Crippen molar-refractivity contribution in [3.8, 4) is 0 Å². The van der Waals surface area contributed by atoms with Crippen molar-refractivity contribution in [1.82, 2.24) is 5.32 Å². The average Bonchev–Trinajstić information content (AvgIpc) is 3.09. The van der Waals surface area contributed by atoms with Crippen LogP contribution in [0.2, 0.25) is 0 Å². The largest absolute Gasteiger partial charge is 0.455 e. The zero-order chi connectivity index (χ0) is 18.6. The molecule has 2 aromatic carbocycles. The maximum absolute atomic E-state index is 12.4. The first kappa shape index (κ1) is 17.9. The molecule has 0 atom stereocenters. The molecule has 0 fully saturated rings. The smallest absolute Gasteiger partial charge is 0.287 e. The predicted molar refractivity (Wildman–Crippen MR) is 98.4 cm³/mol. The Morgan fingerprint density at radius 3 is 2.38 bits per heavy atom. The van der Waals surface area contributed by atoms with Crippen LogP contribution >= 0.6 is 0 Å². The summed E-state index contributed by atoms with van der Waals surface area (Å²) in [5, 5.41) is 2.78. The van der Waals surface area contributed by atoms with Crippen LogP contribution in [0.15, 0.2) is 76.0 Å². The van der Waals surface area contributed by atoms with Crippen LogP contribution in [-0.4, -0.2) is 14.3 Å². The van der Waals surface area contributed by atoms with E-state index in [1.807, 2.05) is 31.2 Å². The quantitative estimate of drug-likeness (QED) is 0.722. The van der Waals surface area contributed by atoms with Crippen molar-refractivity contribution in [2.24, 2.45) is 0 Å². The number of hydrogen-bond donors (Lipinski definition) is 1. The Bertz CT molecular complexity index is 1010. The molecule has 0 saturated heterocycles. The normalized spacial score (nSPS) is 11.3. The third-order valence-electron chi connectivity index (χ3n) is 4.02. The van der Waals surface area contributed by atoms with Crippen LogP contribution in [0, 0.1) is 6.92 Å². The van der Waals surface area contributed by atoms with Gasteiger partial charge < -0.3 is 9.73 Å². The van der Waals surface area contributed by atoms with E-state index in [0.29, 0.717) is 6.54 Å². The number of carbonyl (C=O) groups excluding carboxylic acids is 1. The van der Waals surface area contributed by atoms with Crippen LogP contribution in [0.3, 0.4) is 0 Å². The molecule has 0 unspecified atom stereocenters. The molecule has 1 heterocycles. The monoisotopic (exact) mass is 369 g/mol. The number of rotatable bonds is 6. The van der Waals surface area contributed by atoms with Gasteiger partial charge in [-0.1, -0.05) is 42.5 Å². The fraction of sp³-hybridized carbons (Fsp3) is 0.150. The highest BCUT2D eigenvalue weighted by atomic mass is 32.2. The van der Waals surface area contributed by atoms with E-state index in [1.165, 1.54) is 24.3 Å². The topological polar surface area (TPSA) is 76.4 Å². The van der Waals surface area contributed by atoms with Gasteiger partial charge in [-0.15, -0.1) is 0 Å². The Morgan fingerprint density at radius 1 is 0.962 bits per heavy atom. The van der Waals surface area contributed by atoms with Gasteiger partial charge in [0.15, 0.2) is 15.6 Å². The molecule has 0 bridgehead atoms. The molecule has 3 aromatic rings. The summed E-state index contributed by atoms with van der Waals surface area (Å²) in [5.41, 5.74) is 2.10. The zero-order valence-corrected chi connectivity index (χ0v) is 15.1. The molecule has 134 valence electrons. The van der Waals surface area contributed by atoms with Crippen molar-refractivity contribution in [2.45, 2.75) is 24.1 Å². The maximum atomic E-state index is 12.4. The summed E-state index contributed by atoms with van der Waals surface area (Å²) in [6.07, 6.45) is 0. The standard InChI is InChI=1S/C20H19NO4S/c1-15-7-5-6-8-16(15)13-21-20(22)19-12-11-17(25-19)14-26(23,24)18-9-3-2-4-10-18/h2-12H,13-14H2,1H3,(H,21,22).